The molecule has 0 spiro atoms. The molecule has 2 aromatic carbocycles. The van der Waals surface area contributed by atoms with Crippen LogP contribution < -0.4 is 9.44 Å². The zero-order chi connectivity index (χ0) is 18.7. The van der Waals surface area contributed by atoms with E-state index in [2.05, 4.69) is 9.44 Å². The van der Waals surface area contributed by atoms with Gasteiger partial charge < -0.3 is 0 Å². The Morgan fingerprint density at radius 1 is 0.800 bits per heavy atom. The molecule has 0 heterocycles. The summed E-state index contributed by atoms with van der Waals surface area (Å²) in [6.45, 7) is 6.03. The fourth-order valence-electron chi connectivity index (χ4n) is 1.99. The van der Waals surface area contributed by atoms with E-state index in [0.717, 1.165) is 5.56 Å². The Kier molecular flexibility index (Phi) is 5.87. The molecule has 0 unspecified atom stereocenters. The number of aryl methyl sites for hydroxylation is 1. The molecule has 0 aliphatic rings. The van der Waals surface area contributed by atoms with Crippen LogP contribution in [0.5, 0.6) is 0 Å². The van der Waals surface area contributed by atoms with Crippen LogP contribution in [0.15, 0.2) is 58.3 Å². The fraction of sp³-hybridized carbons (Fsp3) is 0.294. The van der Waals surface area contributed by atoms with Gasteiger partial charge in [-0.15, -0.1) is 0 Å². The molecular formula is C17H22N2O4S2. The van der Waals surface area contributed by atoms with Gasteiger partial charge in [-0.1, -0.05) is 31.5 Å². The molecule has 0 aromatic heterocycles. The minimum Gasteiger partial charge on any atom is -0.280 e. The number of rotatable bonds is 7. The third-order valence-corrected chi connectivity index (χ3v) is 6.27. The van der Waals surface area contributed by atoms with E-state index in [0.29, 0.717) is 12.2 Å². The molecule has 0 aliphatic carbocycles. The fourth-order valence-corrected chi connectivity index (χ4v) is 4.27. The second kappa shape index (κ2) is 7.55. The Labute approximate surface area is 149 Å². The minimum absolute atomic E-state index is 0.0893. The van der Waals surface area contributed by atoms with E-state index in [9.17, 15) is 16.8 Å². The average molecular weight is 383 g/mol. The molecule has 2 aromatic rings. The summed E-state index contributed by atoms with van der Waals surface area (Å²) >= 11 is 0. The van der Waals surface area contributed by atoms with Crippen molar-refractivity contribution in [1.29, 1.82) is 0 Å². The van der Waals surface area contributed by atoms with Crippen molar-refractivity contribution >= 4 is 25.7 Å². The molecule has 136 valence electrons. The quantitative estimate of drug-likeness (QED) is 0.770. The maximum Gasteiger partial charge on any atom is 0.261 e. The molecule has 2 N–H and O–H groups in total. The Balaban J connectivity index is 2.16. The zero-order valence-corrected chi connectivity index (χ0v) is 16.0. The first-order valence-electron chi connectivity index (χ1n) is 7.79. The van der Waals surface area contributed by atoms with Gasteiger partial charge in [-0.2, -0.15) is 0 Å². The Morgan fingerprint density at radius 3 is 1.80 bits per heavy atom. The smallest absolute Gasteiger partial charge is 0.261 e. The molecule has 0 atom stereocenters. The molecule has 0 bridgehead atoms. The number of hydrogen-bond donors (Lipinski definition) is 2. The highest BCUT2D eigenvalue weighted by Crippen LogP contribution is 2.19. The molecule has 0 saturated carbocycles. The van der Waals surface area contributed by atoms with Crippen molar-refractivity contribution in [3.63, 3.8) is 0 Å². The Morgan fingerprint density at radius 2 is 1.28 bits per heavy atom. The van der Waals surface area contributed by atoms with Gasteiger partial charge in [-0.25, -0.2) is 21.6 Å². The number of nitrogens with one attached hydrogen (secondary N) is 2. The van der Waals surface area contributed by atoms with Crippen LogP contribution in [-0.2, 0) is 20.0 Å². The van der Waals surface area contributed by atoms with Crippen LogP contribution in [0.3, 0.4) is 0 Å². The first-order chi connectivity index (χ1) is 11.6. The maximum atomic E-state index is 12.3. The van der Waals surface area contributed by atoms with E-state index in [1.807, 2.05) is 20.8 Å². The van der Waals surface area contributed by atoms with E-state index in [4.69, 9.17) is 0 Å². The van der Waals surface area contributed by atoms with Crippen LogP contribution in [0.1, 0.15) is 19.4 Å². The number of hydrogen-bond acceptors (Lipinski definition) is 4. The summed E-state index contributed by atoms with van der Waals surface area (Å²) in [5.74, 6) is 0.190. The van der Waals surface area contributed by atoms with Gasteiger partial charge >= 0.3 is 0 Å². The molecule has 8 heteroatoms. The largest absolute Gasteiger partial charge is 0.280 e. The van der Waals surface area contributed by atoms with Crippen molar-refractivity contribution in [1.82, 2.24) is 4.72 Å². The van der Waals surface area contributed by atoms with Gasteiger partial charge in [-0.05, 0) is 49.2 Å². The van der Waals surface area contributed by atoms with Crippen LogP contribution in [-0.4, -0.2) is 23.4 Å². The molecule has 25 heavy (non-hydrogen) atoms. The van der Waals surface area contributed by atoms with Crippen molar-refractivity contribution in [2.75, 3.05) is 11.3 Å². The van der Waals surface area contributed by atoms with Crippen molar-refractivity contribution in [2.45, 2.75) is 30.6 Å². The van der Waals surface area contributed by atoms with Gasteiger partial charge in [0, 0.05) is 12.2 Å². The van der Waals surface area contributed by atoms with Crippen molar-refractivity contribution < 1.29 is 16.8 Å². The summed E-state index contributed by atoms with van der Waals surface area (Å²) in [6, 6.07) is 12.1. The summed E-state index contributed by atoms with van der Waals surface area (Å²) in [7, 11) is -7.31. The summed E-state index contributed by atoms with van der Waals surface area (Å²) in [4.78, 5) is 0.236. The van der Waals surface area contributed by atoms with Crippen LogP contribution in [0, 0.1) is 12.8 Å². The van der Waals surface area contributed by atoms with Crippen LogP contribution in [0.4, 0.5) is 5.69 Å². The van der Waals surface area contributed by atoms with Crippen molar-refractivity contribution in [2.24, 2.45) is 5.92 Å². The second-order valence-electron chi connectivity index (χ2n) is 6.19. The highest BCUT2D eigenvalue weighted by molar-refractivity contribution is 7.92. The summed E-state index contributed by atoms with van der Waals surface area (Å²) in [6.07, 6.45) is 0. The van der Waals surface area contributed by atoms with Gasteiger partial charge in [0.25, 0.3) is 10.0 Å². The standard InChI is InChI=1S/C17H22N2O4S2/c1-13(2)12-18-24(20,21)16-10-6-15(7-11-16)19-25(22,23)17-8-4-14(3)5-9-17/h4-11,13,18-19H,12H2,1-3H3. The molecule has 6 nitrogen and oxygen atoms in total. The van der Waals surface area contributed by atoms with Gasteiger partial charge in [0.1, 0.15) is 0 Å². The predicted molar refractivity (Wildman–Crippen MR) is 98.5 cm³/mol. The normalized spacial score (nSPS) is 12.3. The molecule has 0 aliphatic heterocycles. The van der Waals surface area contributed by atoms with Crippen molar-refractivity contribution in [3.8, 4) is 0 Å². The topological polar surface area (TPSA) is 92.3 Å². The third kappa shape index (κ3) is 5.29. The molecular weight excluding hydrogens is 360 g/mol. The maximum absolute atomic E-state index is 12.3. The lowest BCUT2D eigenvalue weighted by molar-refractivity contribution is 0.560. The van der Waals surface area contributed by atoms with Crippen LogP contribution in [0.25, 0.3) is 0 Å². The highest BCUT2D eigenvalue weighted by Gasteiger charge is 2.16. The number of benzene rings is 2. The summed E-state index contributed by atoms with van der Waals surface area (Å²) in [5, 5.41) is 0. The van der Waals surface area contributed by atoms with E-state index >= 15 is 0 Å². The monoisotopic (exact) mass is 382 g/mol. The Bertz CT molecular complexity index is 918. The molecule has 2 rings (SSSR count). The first-order valence-corrected chi connectivity index (χ1v) is 10.8. The Hall–Kier alpha value is -1.90. The highest BCUT2D eigenvalue weighted by atomic mass is 32.2. The summed E-state index contributed by atoms with van der Waals surface area (Å²) < 4.78 is 53.9. The van der Waals surface area contributed by atoms with E-state index in [1.54, 1.807) is 12.1 Å². The predicted octanol–water partition coefficient (Wildman–Crippen LogP) is 2.73. The number of anilines is 1. The average Bonchev–Trinajstić information content (AvgIpc) is 2.53. The van der Waals surface area contributed by atoms with Crippen LogP contribution >= 0.6 is 0 Å². The van der Waals surface area contributed by atoms with E-state index in [1.165, 1.54) is 36.4 Å². The van der Waals surface area contributed by atoms with Gasteiger partial charge in [0.05, 0.1) is 9.79 Å². The zero-order valence-electron chi connectivity index (χ0n) is 14.4. The SMILES string of the molecule is Cc1ccc(S(=O)(=O)Nc2ccc(S(=O)(=O)NCC(C)C)cc2)cc1. The third-order valence-electron chi connectivity index (χ3n) is 3.43. The van der Waals surface area contributed by atoms with E-state index in [-0.39, 0.29) is 15.7 Å². The lowest BCUT2D eigenvalue weighted by Crippen LogP contribution is -2.27. The molecule has 0 fully saturated rings. The van der Waals surface area contributed by atoms with Crippen molar-refractivity contribution in [3.05, 3.63) is 54.1 Å². The lowest BCUT2D eigenvalue weighted by Gasteiger charge is -2.11. The van der Waals surface area contributed by atoms with E-state index < -0.39 is 20.0 Å². The van der Waals surface area contributed by atoms with Gasteiger partial charge in [0.15, 0.2) is 0 Å². The van der Waals surface area contributed by atoms with Crippen LogP contribution in [0.2, 0.25) is 0 Å². The molecule has 0 radical (unpaired) electrons. The van der Waals surface area contributed by atoms with Gasteiger partial charge in [-0.3, -0.25) is 4.72 Å². The lowest BCUT2D eigenvalue weighted by atomic mass is 10.2. The number of sulfonamides is 2. The summed E-state index contributed by atoms with van der Waals surface area (Å²) in [5.41, 5.74) is 1.26. The molecule has 0 amide bonds. The van der Waals surface area contributed by atoms with Gasteiger partial charge in [0.2, 0.25) is 10.0 Å². The second-order valence-corrected chi connectivity index (χ2v) is 9.64. The first kappa shape index (κ1) is 19.4. The molecule has 0 saturated heterocycles. The minimum atomic E-state index is -3.71.